The normalized spacial score (nSPS) is 14.0. The van der Waals surface area contributed by atoms with Gasteiger partial charge in [-0.1, -0.05) is 27.7 Å². The summed E-state index contributed by atoms with van der Waals surface area (Å²) >= 11 is 3.57. The largest absolute Gasteiger partial charge is 0.469 e. The van der Waals surface area contributed by atoms with Gasteiger partial charge in [0.2, 0.25) is 0 Å². The third-order valence-corrected chi connectivity index (χ3v) is 6.63. The minimum Gasteiger partial charge on any atom is -0.303 e. The molecule has 0 atom stereocenters. The fourth-order valence-electron chi connectivity index (χ4n) is 1.68. The van der Waals surface area contributed by atoms with Crippen LogP contribution in [0.3, 0.4) is 0 Å². The van der Waals surface area contributed by atoms with Gasteiger partial charge in [-0.3, -0.25) is 9.05 Å². The lowest BCUT2D eigenvalue weighted by molar-refractivity contribution is 0.126. The van der Waals surface area contributed by atoms with Crippen molar-refractivity contribution >= 4 is 39.2 Å². The molecule has 4 N–H and O–H groups in total. The van der Waals surface area contributed by atoms with Gasteiger partial charge in [0.1, 0.15) is 0 Å². The molecule has 0 aliphatic heterocycles. The van der Waals surface area contributed by atoms with Crippen LogP contribution in [0.15, 0.2) is 0 Å². The summed E-state index contributed by atoms with van der Waals surface area (Å²) in [4.78, 5) is 35.0. The molecule has 0 fully saturated rings. The fraction of sp³-hybridized carbons (Fsp3) is 1.00. The van der Waals surface area contributed by atoms with Crippen molar-refractivity contribution in [1.82, 2.24) is 0 Å². The third-order valence-electron chi connectivity index (χ3n) is 3.47. The molecule has 158 valence electrons. The van der Waals surface area contributed by atoms with Crippen molar-refractivity contribution in [2.75, 3.05) is 36.2 Å². The molecule has 0 unspecified atom stereocenters. The highest BCUT2D eigenvalue weighted by atomic mass is 32.2. The van der Waals surface area contributed by atoms with Crippen LogP contribution in [0.1, 0.15) is 40.5 Å². The summed E-state index contributed by atoms with van der Waals surface area (Å²) in [6, 6.07) is 0. The Bertz CT molecular complexity index is 445. The van der Waals surface area contributed by atoms with Gasteiger partial charge in [0.15, 0.2) is 0 Å². The molecule has 0 rings (SSSR count). The van der Waals surface area contributed by atoms with Gasteiger partial charge in [-0.05, 0) is 35.2 Å². The summed E-state index contributed by atoms with van der Waals surface area (Å²) in [5.74, 6) is 3.72. The quantitative estimate of drug-likeness (QED) is 0.215. The van der Waals surface area contributed by atoms with Crippen LogP contribution in [0.4, 0.5) is 0 Å². The maximum Gasteiger partial charge on any atom is 0.469 e. The van der Waals surface area contributed by atoms with E-state index in [2.05, 4.69) is 9.05 Å². The van der Waals surface area contributed by atoms with E-state index in [1.54, 1.807) is 23.5 Å². The maximum atomic E-state index is 10.7. The van der Waals surface area contributed by atoms with E-state index in [9.17, 15) is 9.13 Å². The van der Waals surface area contributed by atoms with Crippen molar-refractivity contribution in [1.29, 1.82) is 0 Å². The molecule has 0 aromatic heterocycles. The molecule has 0 saturated carbocycles. The first kappa shape index (κ1) is 26.9. The Kier molecular flexibility index (Phi) is 12.2. The molecule has 0 amide bonds. The predicted molar refractivity (Wildman–Crippen MR) is 107 cm³/mol. The first-order valence-electron chi connectivity index (χ1n) is 8.18. The Labute approximate surface area is 164 Å². The zero-order valence-electron chi connectivity index (χ0n) is 15.8. The van der Waals surface area contributed by atoms with Crippen molar-refractivity contribution in [2.24, 2.45) is 10.8 Å². The van der Waals surface area contributed by atoms with Gasteiger partial charge in [-0.25, -0.2) is 9.13 Å². The van der Waals surface area contributed by atoms with Crippen molar-refractivity contribution < 1.29 is 37.8 Å². The molecule has 0 aromatic carbocycles. The zero-order chi connectivity index (χ0) is 20.5. The number of phosphoric acid groups is 2. The van der Waals surface area contributed by atoms with Crippen molar-refractivity contribution in [2.45, 2.75) is 40.5 Å². The highest BCUT2D eigenvalue weighted by Gasteiger charge is 2.24. The summed E-state index contributed by atoms with van der Waals surface area (Å²) in [6.07, 6.45) is 1.60. The minimum atomic E-state index is -4.41. The second-order valence-corrected chi connectivity index (χ2v) is 12.5. The number of hydrogen-bond donors (Lipinski definition) is 4. The SMILES string of the molecule is CC(C)(CCSCCSCCC(C)(C)COP(=O)(O)O)COP(=O)(O)O. The van der Waals surface area contributed by atoms with Crippen LogP contribution >= 0.6 is 39.2 Å². The Balaban J connectivity index is 3.72. The number of rotatable bonds is 15. The molecule has 0 radical (unpaired) electrons. The summed E-state index contributed by atoms with van der Waals surface area (Å²) in [7, 11) is -8.82. The molecule has 0 saturated heterocycles. The average Bonchev–Trinajstić information content (AvgIpc) is 2.45. The summed E-state index contributed by atoms with van der Waals surface area (Å²) in [5, 5.41) is 0. The molecule has 0 heterocycles. The van der Waals surface area contributed by atoms with E-state index in [0.717, 1.165) is 35.9 Å². The van der Waals surface area contributed by atoms with Crippen LogP contribution in [-0.4, -0.2) is 55.8 Å². The van der Waals surface area contributed by atoms with Crippen molar-refractivity contribution in [3.05, 3.63) is 0 Å². The highest BCUT2D eigenvalue weighted by Crippen LogP contribution is 2.40. The van der Waals surface area contributed by atoms with Crippen LogP contribution in [-0.2, 0) is 18.2 Å². The first-order valence-corrected chi connectivity index (χ1v) is 13.5. The maximum absolute atomic E-state index is 10.7. The van der Waals surface area contributed by atoms with Crippen LogP contribution in [0.5, 0.6) is 0 Å². The lowest BCUT2D eigenvalue weighted by Gasteiger charge is -2.24. The predicted octanol–water partition coefficient (Wildman–Crippen LogP) is 3.50. The fourth-order valence-corrected chi connectivity index (χ4v) is 5.46. The molecular formula is C14H32O8P2S2. The lowest BCUT2D eigenvalue weighted by atomic mass is 9.92. The van der Waals surface area contributed by atoms with E-state index in [4.69, 9.17) is 19.6 Å². The first-order chi connectivity index (χ1) is 11.6. The molecule has 0 aromatic rings. The Morgan fingerprint density at radius 2 is 1.00 bits per heavy atom. The Hall–Kier alpha value is 0.920. The number of thioether (sulfide) groups is 2. The highest BCUT2D eigenvalue weighted by molar-refractivity contribution is 8.02. The zero-order valence-corrected chi connectivity index (χ0v) is 19.2. The second-order valence-electron chi connectivity index (χ2n) is 7.58. The molecule has 0 aliphatic carbocycles. The summed E-state index contributed by atoms with van der Waals surface area (Å²) in [5.41, 5.74) is -0.575. The van der Waals surface area contributed by atoms with Gasteiger partial charge in [0.25, 0.3) is 0 Å². The lowest BCUT2D eigenvalue weighted by Crippen LogP contribution is -2.20. The van der Waals surface area contributed by atoms with E-state index in [1.165, 1.54) is 0 Å². The topological polar surface area (TPSA) is 134 Å². The molecule has 26 heavy (non-hydrogen) atoms. The third kappa shape index (κ3) is 18.3. The average molecular weight is 454 g/mol. The van der Waals surface area contributed by atoms with Crippen molar-refractivity contribution in [3.8, 4) is 0 Å². The van der Waals surface area contributed by atoms with Gasteiger partial charge < -0.3 is 19.6 Å². The summed E-state index contributed by atoms with van der Waals surface area (Å²) < 4.78 is 30.6. The van der Waals surface area contributed by atoms with Gasteiger partial charge in [-0.2, -0.15) is 23.5 Å². The molecule has 0 aliphatic rings. The number of hydrogen-bond acceptors (Lipinski definition) is 6. The minimum absolute atomic E-state index is 0.0261. The second kappa shape index (κ2) is 11.8. The molecule has 0 bridgehead atoms. The van der Waals surface area contributed by atoms with E-state index in [1.807, 2.05) is 27.7 Å². The standard InChI is InChI=1S/C14H32O8P2S2/c1-13(2,11-21-23(15,16)17)5-7-25-9-10-26-8-6-14(3,4)12-22-24(18,19)20/h5-12H2,1-4H3,(H2,15,16,17)(H2,18,19,20). The van der Waals surface area contributed by atoms with Gasteiger partial charge in [0.05, 0.1) is 13.2 Å². The van der Waals surface area contributed by atoms with Gasteiger partial charge >= 0.3 is 15.6 Å². The van der Waals surface area contributed by atoms with Crippen molar-refractivity contribution in [3.63, 3.8) is 0 Å². The van der Waals surface area contributed by atoms with E-state index in [0.29, 0.717) is 0 Å². The van der Waals surface area contributed by atoms with E-state index < -0.39 is 15.6 Å². The summed E-state index contributed by atoms with van der Waals surface area (Å²) in [6.45, 7) is 7.72. The smallest absolute Gasteiger partial charge is 0.303 e. The monoisotopic (exact) mass is 454 g/mol. The van der Waals surface area contributed by atoms with Crippen LogP contribution in [0, 0.1) is 10.8 Å². The van der Waals surface area contributed by atoms with E-state index >= 15 is 0 Å². The van der Waals surface area contributed by atoms with Crippen LogP contribution in [0.2, 0.25) is 0 Å². The Morgan fingerprint density at radius 1 is 0.692 bits per heavy atom. The molecule has 12 heteroatoms. The van der Waals surface area contributed by atoms with Crippen LogP contribution < -0.4 is 0 Å². The van der Waals surface area contributed by atoms with Gasteiger partial charge in [0, 0.05) is 11.5 Å². The molecular weight excluding hydrogens is 422 g/mol. The number of phosphoric ester groups is 2. The molecule has 0 spiro atoms. The molecule has 8 nitrogen and oxygen atoms in total. The Morgan fingerprint density at radius 3 is 1.27 bits per heavy atom. The van der Waals surface area contributed by atoms with Crippen LogP contribution in [0.25, 0.3) is 0 Å². The van der Waals surface area contributed by atoms with E-state index in [-0.39, 0.29) is 24.0 Å². The van der Waals surface area contributed by atoms with Gasteiger partial charge in [-0.15, -0.1) is 0 Å².